The van der Waals surface area contributed by atoms with E-state index < -0.39 is 37.2 Å². The van der Waals surface area contributed by atoms with Crippen LogP contribution in [-0.2, 0) is 4.74 Å². The summed E-state index contributed by atoms with van der Waals surface area (Å²) in [6.07, 6.45) is -32.4. The second-order valence-corrected chi connectivity index (χ2v) is 2.88. The molecule has 0 aliphatic carbocycles. The molecule has 0 radical (unpaired) electrons. The maximum Gasteiger partial charge on any atom is 0.428 e. The lowest BCUT2D eigenvalue weighted by Gasteiger charge is -2.25. The second-order valence-electron chi connectivity index (χ2n) is 2.88. The number of halogens is 11. The summed E-state index contributed by atoms with van der Waals surface area (Å²) < 4.78 is 132. The lowest BCUT2D eigenvalue weighted by molar-refractivity contribution is -0.377. The highest BCUT2D eigenvalue weighted by molar-refractivity contribution is 4.78. The van der Waals surface area contributed by atoms with Gasteiger partial charge in [0.05, 0.1) is 0 Å². The molecule has 0 aromatic carbocycles. The Hall–Kier alpha value is -0.810. The number of rotatable bonds is 4. The minimum absolute atomic E-state index is 2.22. The first-order valence-corrected chi connectivity index (χ1v) is 3.81. The first-order valence-electron chi connectivity index (χ1n) is 3.81. The summed E-state index contributed by atoms with van der Waals surface area (Å²) in [5, 5.41) is 0. The van der Waals surface area contributed by atoms with Crippen molar-refractivity contribution in [3.8, 4) is 0 Å². The summed E-state index contributed by atoms with van der Waals surface area (Å²) in [4.78, 5) is 0. The van der Waals surface area contributed by atoms with Gasteiger partial charge in [0.2, 0.25) is 6.36 Å². The van der Waals surface area contributed by atoms with Crippen LogP contribution in [0.3, 0.4) is 0 Å². The monoisotopic (exact) mass is 300 g/mol. The molecule has 1 nitrogen and oxygen atoms in total. The quantitative estimate of drug-likeness (QED) is 0.719. The molecule has 0 aromatic heterocycles. The van der Waals surface area contributed by atoms with Crippen LogP contribution < -0.4 is 0 Å². The van der Waals surface area contributed by atoms with Crippen molar-refractivity contribution in [1.82, 2.24) is 0 Å². The predicted molar refractivity (Wildman–Crippen MR) is 32.8 cm³/mol. The number of alkyl halides is 11. The molecule has 0 aromatic rings. The smallest absolute Gasteiger partial charge is 0.279 e. The molecule has 3 atom stereocenters. The largest absolute Gasteiger partial charge is 0.428 e. The third-order valence-corrected chi connectivity index (χ3v) is 1.39. The number of hydrogen-bond donors (Lipinski definition) is 0. The van der Waals surface area contributed by atoms with Crippen LogP contribution in [0.1, 0.15) is 0 Å². The fourth-order valence-corrected chi connectivity index (χ4v) is 0.609. The minimum Gasteiger partial charge on any atom is -0.279 e. The summed E-state index contributed by atoms with van der Waals surface area (Å²) in [6, 6.07) is 0. The van der Waals surface area contributed by atoms with E-state index >= 15 is 0 Å². The van der Waals surface area contributed by atoms with E-state index in [9.17, 15) is 48.3 Å². The van der Waals surface area contributed by atoms with Crippen molar-refractivity contribution < 1.29 is 53.0 Å². The Kier molecular flexibility index (Phi) is 4.83. The van der Waals surface area contributed by atoms with Gasteiger partial charge >= 0.3 is 18.5 Å². The van der Waals surface area contributed by atoms with Gasteiger partial charge in [-0.15, -0.1) is 0 Å². The summed E-state index contributed by atoms with van der Waals surface area (Å²) in [5.41, 5.74) is 0. The lowest BCUT2D eigenvalue weighted by atomic mass is 10.3. The molecule has 0 heterocycles. The first-order chi connectivity index (χ1) is 7.69. The Morgan fingerprint density at radius 1 is 0.667 bits per heavy atom. The third kappa shape index (κ3) is 4.46. The van der Waals surface area contributed by atoms with Crippen molar-refractivity contribution in [3.63, 3.8) is 0 Å². The van der Waals surface area contributed by atoms with E-state index in [4.69, 9.17) is 0 Å². The standard InChI is InChI=1S/C6H3F11O/c7-1(4(10,11)12)2(8)18-6(16,17)3(9)5(13,14)15/h1-3H/t1-,2-,3+/m1/s1. The van der Waals surface area contributed by atoms with Gasteiger partial charge in [-0.25, -0.2) is 13.2 Å². The van der Waals surface area contributed by atoms with Crippen molar-refractivity contribution in [2.45, 2.75) is 37.2 Å². The van der Waals surface area contributed by atoms with Crippen LogP contribution in [-0.4, -0.2) is 37.2 Å². The summed E-state index contributed by atoms with van der Waals surface area (Å²) in [7, 11) is 0. The molecule has 110 valence electrons. The van der Waals surface area contributed by atoms with Crippen LogP contribution in [0.25, 0.3) is 0 Å². The highest BCUT2D eigenvalue weighted by Crippen LogP contribution is 2.38. The molecule has 0 rings (SSSR count). The third-order valence-electron chi connectivity index (χ3n) is 1.39. The molecule has 18 heavy (non-hydrogen) atoms. The molecule has 0 saturated carbocycles. The SMILES string of the molecule is F[C@H](OC(F)(F)[C@@H](F)C(F)(F)F)[C@@H](F)C(F)(F)F. The molecule has 0 aliphatic heterocycles. The molecule has 0 saturated heterocycles. The Labute approximate surface area is 91.5 Å². The zero-order valence-corrected chi connectivity index (χ0v) is 7.80. The Bertz CT molecular complexity index is 268. The van der Waals surface area contributed by atoms with Crippen LogP contribution in [0.5, 0.6) is 0 Å². The van der Waals surface area contributed by atoms with E-state index in [0.29, 0.717) is 0 Å². The van der Waals surface area contributed by atoms with Crippen molar-refractivity contribution in [2.24, 2.45) is 0 Å². The number of ether oxygens (including phenoxy) is 1. The molecular weight excluding hydrogens is 297 g/mol. The van der Waals surface area contributed by atoms with Crippen molar-refractivity contribution in [3.05, 3.63) is 0 Å². The van der Waals surface area contributed by atoms with Crippen LogP contribution in [0.15, 0.2) is 0 Å². The fourth-order valence-electron chi connectivity index (χ4n) is 0.609. The van der Waals surface area contributed by atoms with Gasteiger partial charge < -0.3 is 0 Å². The molecule has 0 spiro atoms. The Balaban J connectivity index is 4.78. The van der Waals surface area contributed by atoms with Gasteiger partial charge in [-0.1, -0.05) is 0 Å². The lowest BCUT2D eigenvalue weighted by Crippen LogP contribution is -2.48. The zero-order valence-electron chi connectivity index (χ0n) is 7.80. The van der Waals surface area contributed by atoms with Gasteiger partial charge in [0, 0.05) is 0 Å². The molecule has 0 fully saturated rings. The molecule has 0 amide bonds. The molecule has 12 heteroatoms. The highest BCUT2D eigenvalue weighted by Gasteiger charge is 2.61. The van der Waals surface area contributed by atoms with Gasteiger partial charge in [-0.05, 0) is 0 Å². The van der Waals surface area contributed by atoms with E-state index in [1.54, 1.807) is 0 Å². The first kappa shape index (κ1) is 17.2. The van der Waals surface area contributed by atoms with Gasteiger partial charge in [0.25, 0.3) is 12.3 Å². The minimum atomic E-state index is -6.22. The fraction of sp³-hybridized carbons (Fsp3) is 1.00. The molecule has 0 N–H and O–H groups in total. The van der Waals surface area contributed by atoms with Crippen LogP contribution in [0, 0.1) is 0 Å². The normalized spacial score (nSPS) is 19.5. The average molecular weight is 300 g/mol. The Morgan fingerprint density at radius 3 is 1.33 bits per heavy atom. The number of hydrogen-bond acceptors (Lipinski definition) is 1. The average Bonchev–Trinajstić information content (AvgIpc) is 2.11. The van der Waals surface area contributed by atoms with Gasteiger partial charge in [-0.2, -0.15) is 35.1 Å². The van der Waals surface area contributed by atoms with Crippen LogP contribution >= 0.6 is 0 Å². The van der Waals surface area contributed by atoms with Gasteiger partial charge in [0.1, 0.15) is 0 Å². The van der Waals surface area contributed by atoms with Crippen molar-refractivity contribution >= 4 is 0 Å². The molecule has 0 unspecified atom stereocenters. The molecular formula is C6H3F11O. The van der Waals surface area contributed by atoms with Gasteiger partial charge in [0.15, 0.2) is 0 Å². The summed E-state index contributed by atoms with van der Waals surface area (Å²) in [5.74, 6) is 0. The van der Waals surface area contributed by atoms with E-state index in [2.05, 4.69) is 4.74 Å². The van der Waals surface area contributed by atoms with Crippen molar-refractivity contribution in [2.75, 3.05) is 0 Å². The van der Waals surface area contributed by atoms with E-state index in [1.807, 2.05) is 0 Å². The second kappa shape index (κ2) is 5.05. The van der Waals surface area contributed by atoms with E-state index in [-0.39, 0.29) is 0 Å². The summed E-state index contributed by atoms with van der Waals surface area (Å²) >= 11 is 0. The maximum atomic E-state index is 12.2. The highest BCUT2D eigenvalue weighted by atomic mass is 19.4. The van der Waals surface area contributed by atoms with E-state index in [1.165, 1.54) is 0 Å². The maximum absolute atomic E-state index is 12.2. The van der Waals surface area contributed by atoms with Gasteiger partial charge in [-0.3, -0.25) is 4.74 Å². The topological polar surface area (TPSA) is 9.23 Å². The molecule has 0 aliphatic rings. The molecule has 0 bridgehead atoms. The zero-order chi connectivity index (χ0) is 14.9. The van der Waals surface area contributed by atoms with Crippen molar-refractivity contribution in [1.29, 1.82) is 0 Å². The van der Waals surface area contributed by atoms with E-state index in [0.717, 1.165) is 0 Å². The van der Waals surface area contributed by atoms with Crippen LogP contribution in [0.2, 0.25) is 0 Å². The summed E-state index contributed by atoms with van der Waals surface area (Å²) in [6.45, 7) is 0. The predicted octanol–water partition coefficient (Wildman–Crippen LogP) is 3.69. The van der Waals surface area contributed by atoms with Crippen LogP contribution in [0.4, 0.5) is 48.3 Å². The Morgan fingerprint density at radius 2 is 1.06 bits per heavy atom.